The lowest BCUT2D eigenvalue weighted by atomic mass is 9.72. The van der Waals surface area contributed by atoms with Crippen molar-refractivity contribution in [2.24, 2.45) is 17.8 Å². The first kappa shape index (κ1) is 26.5. The molecular formula is C28H29N3O8. The maximum Gasteiger partial charge on any atom is 0.337 e. The lowest BCUT2D eigenvalue weighted by Gasteiger charge is -2.35. The number of nitro benzene ring substituents is 1. The van der Waals surface area contributed by atoms with Crippen LogP contribution in [0.3, 0.4) is 0 Å². The van der Waals surface area contributed by atoms with E-state index < -0.39 is 52.1 Å². The van der Waals surface area contributed by atoms with Crippen molar-refractivity contribution in [2.75, 3.05) is 12.0 Å². The largest absolute Gasteiger partial charge is 0.480 e. The van der Waals surface area contributed by atoms with E-state index in [-0.39, 0.29) is 29.3 Å². The summed E-state index contributed by atoms with van der Waals surface area (Å²) in [6.45, 7) is 0. The number of aliphatic carboxylic acids is 1. The zero-order valence-electron chi connectivity index (χ0n) is 21.4. The van der Waals surface area contributed by atoms with Gasteiger partial charge in [0.15, 0.2) is 0 Å². The van der Waals surface area contributed by atoms with Gasteiger partial charge in [-0.1, -0.05) is 50.3 Å². The second-order valence-corrected chi connectivity index (χ2v) is 10.5. The third kappa shape index (κ3) is 4.46. The van der Waals surface area contributed by atoms with E-state index in [1.165, 1.54) is 37.4 Å². The molecule has 0 aromatic heterocycles. The summed E-state index contributed by atoms with van der Waals surface area (Å²) in [5.74, 6) is -5.26. The first-order valence-electron chi connectivity index (χ1n) is 13.0. The van der Waals surface area contributed by atoms with Gasteiger partial charge in [0.1, 0.15) is 5.54 Å². The quantitative estimate of drug-likeness (QED) is 0.234. The Labute approximate surface area is 224 Å². The Hall–Kier alpha value is -4.12. The van der Waals surface area contributed by atoms with Gasteiger partial charge < -0.3 is 9.84 Å². The van der Waals surface area contributed by atoms with Crippen LogP contribution in [0.2, 0.25) is 0 Å². The summed E-state index contributed by atoms with van der Waals surface area (Å²) >= 11 is 0. The number of carboxylic acids is 1. The van der Waals surface area contributed by atoms with Gasteiger partial charge in [0.25, 0.3) is 5.69 Å². The van der Waals surface area contributed by atoms with Gasteiger partial charge in [0, 0.05) is 18.2 Å². The highest BCUT2D eigenvalue weighted by Gasteiger charge is 2.69. The fourth-order valence-electron chi connectivity index (χ4n) is 6.55. The van der Waals surface area contributed by atoms with Crippen molar-refractivity contribution < 1.29 is 33.9 Å². The van der Waals surface area contributed by atoms with Crippen LogP contribution in [0, 0.1) is 27.9 Å². The summed E-state index contributed by atoms with van der Waals surface area (Å²) in [6, 6.07) is 10.7. The molecule has 0 bridgehead atoms. The van der Waals surface area contributed by atoms with Crippen LogP contribution in [-0.4, -0.2) is 46.4 Å². The number of hydrogen-bond donors (Lipinski definition) is 2. The topological polar surface area (TPSA) is 156 Å². The van der Waals surface area contributed by atoms with Crippen LogP contribution in [0.5, 0.6) is 0 Å². The summed E-state index contributed by atoms with van der Waals surface area (Å²) < 4.78 is 4.76. The van der Waals surface area contributed by atoms with Crippen LogP contribution >= 0.6 is 0 Å². The van der Waals surface area contributed by atoms with Gasteiger partial charge in [-0.25, -0.2) is 9.69 Å². The van der Waals surface area contributed by atoms with Crippen LogP contribution in [-0.2, 0) is 19.1 Å². The van der Waals surface area contributed by atoms with E-state index in [1.54, 1.807) is 12.1 Å². The average Bonchev–Trinajstić information content (AvgIpc) is 3.42. The van der Waals surface area contributed by atoms with Crippen molar-refractivity contribution in [3.05, 3.63) is 69.8 Å². The van der Waals surface area contributed by atoms with E-state index in [0.29, 0.717) is 5.56 Å². The molecule has 2 heterocycles. The number of carboxylic acid groups (broad SMARTS) is 1. The Morgan fingerprint density at radius 1 is 1.10 bits per heavy atom. The van der Waals surface area contributed by atoms with E-state index in [9.17, 15) is 34.4 Å². The van der Waals surface area contributed by atoms with Crippen molar-refractivity contribution in [1.29, 1.82) is 0 Å². The Morgan fingerprint density at radius 3 is 2.41 bits per heavy atom. The number of nitrogens with zero attached hydrogens (tertiary/aromatic N) is 2. The third-order valence-corrected chi connectivity index (χ3v) is 8.36. The molecule has 0 radical (unpaired) electrons. The van der Waals surface area contributed by atoms with Crippen molar-refractivity contribution in [2.45, 2.75) is 50.1 Å². The number of ether oxygens (including phenoxy) is 1. The average molecular weight is 536 g/mol. The smallest absolute Gasteiger partial charge is 0.337 e. The molecule has 2 N–H and O–H groups in total. The molecule has 2 aliphatic heterocycles. The zero-order chi connectivity index (χ0) is 27.9. The molecule has 3 fully saturated rings. The number of amides is 2. The molecule has 39 heavy (non-hydrogen) atoms. The summed E-state index contributed by atoms with van der Waals surface area (Å²) in [6.07, 6.45) is 4.87. The normalized spacial score (nSPS) is 26.9. The first-order chi connectivity index (χ1) is 18.7. The van der Waals surface area contributed by atoms with E-state index in [1.807, 2.05) is 0 Å². The summed E-state index contributed by atoms with van der Waals surface area (Å²) in [4.78, 5) is 64.5. The number of nitrogens with one attached hydrogen (secondary N) is 1. The monoisotopic (exact) mass is 535 g/mol. The molecule has 2 aromatic carbocycles. The van der Waals surface area contributed by atoms with Crippen molar-refractivity contribution in [3.8, 4) is 0 Å². The number of fused-ring (bicyclic) bond motifs is 1. The van der Waals surface area contributed by atoms with Crippen LogP contribution < -0.4 is 10.2 Å². The minimum Gasteiger partial charge on any atom is -0.480 e. The molecular weight excluding hydrogens is 506 g/mol. The summed E-state index contributed by atoms with van der Waals surface area (Å²) in [7, 11) is 1.26. The van der Waals surface area contributed by atoms with Crippen LogP contribution in [0.25, 0.3) is 0 Å². The van der Waals surface area contributed by atoms with E-state index in [0.717, 1.165) is 43.1 Å². The highest BCUT2D eigenvalue weighted by Crippen LogP contribution is 2.52. The lowest BCUT2D eigenvalue weighted by molar-refractivity contribution is -0.384. The fraction of sp³-hybridized carbons (Fsp3) is 0.429. The van der Waals surface area contributed by atoms with E-state index >= 15 is 0 Å². The number of carbonyl (C=O) groups is 4. The van der Waals surface area contributed by atoms with Crippen LogP contribution in [0.4, 0.5) is 11.4 Å². The fourth-order valence-corrected chi connectivity index (χ4v) is 6.55. The molecule has 11 nitrogen and oxygen atoms in total. The minimum atomic E-state index is -1.71. The van der Waals surface area contributed by atoms with Gasteiger partial charge in [0.2, 0.25) is 11.8 Å². The first-order valence-corrected chi connectivity index (χ1v) is 13.0. The molecule has 3 aliphatic rings. The number of hydrogen-bond acceptors (Lipinski definition) is 8. The van der Waals surface area contributed by atoms with Gasteiger partial charge in [-0.2, -0.15) is 0 Å². The minimum absolute atomic E-state index is 0.0327. The SMILES string of the molecule is COC(=O)c1ccc(C2NC(CC3CCCCC3)(C(=O)O)C3C(=O)N(c4cccc([N+](=O)[O-])c4)C(=O)C23)cc1. The maximum absolute atomic E-state index is 14.0. The van der Waals surface area contributed by atoms with Crippen molar-refractivity contribution in [3.63, 3.8) is 0 Å². The predicted molar refractivity (Wildman–Crippen MR) is 138 cm³/mol. The number of non-ortho nitro benzene ring substituents is 1. The number of esters is 1. The zero-order valence-corrected chi connectivity index (χ0v) is 21.4. The molecule has 4 unspecified atom stereocenters. The predicted octanol–water partition coefficient (Wildman–Crippen LogP) is 3.63. The van der Waals surface area contributed by atoms with Gasteiger partial charge >= 0.3 is 11.9 Å². The highest BCUT2D eigenvalue weighted by atomic mass is 16.6. The summed E-state index contributed by atoms with van der Waals surface area (Å²) in [5, 5.41) is 25.2. The standard InChI is InChI=1S/C28H29N3O8/c1-39-26(34)18-12-10-17(11-13-18)23-21-22(28(29-23,27(35)36)15-16-6-3-2-4-7-16)25(33)30(24(21)32)19-8-5-9-20(14-19)31(37)38/h5,8-14,16,21-23,29H,2-4,6-7,15H2,1H3,(H,35,36). The van der Waals surface area contributed by atoms with Crippen molar-refractivity contribution >= 4 is 35.1 Å². The molecule has 2 amide bonds. The number of rotatable bonds is 7. The number of imide groups is 1. The Balaban J connectivity index is 1.60. The number of carbonyl (C=O) groups excluding carboxylic acids is 3. The molecule has 2 aromatic rings. The van der Waals surface area contributed by atoms with Gasteiger partial charge in [0.05, 0.1) is 35.1 Å². The number of anilines is 1. The maximum atomic E-state index is 14.0. The highest BCUT2D eigenvalue weighted by molar-refractivity contribution is 6.24. The Morgan fingerprint density at radius 2 is 1.79 bits per heavy atom. The molecule has 4 atom stereocenters. The second kappa shape index (κ2) is 10.2. The van der Waals surface area contributed by atoms with Gasteiger partial charge in [-0.05, 0) is 36.1 Å². The third-order valence-electron chi connectivity index (χ3n) is 8.36. The van der Waals surface area contributed by atoms with Gasteiger partial charge in [-0.15, -0.1) is 0 Å². The molecule has 5 rings (SSSR count). The molecule has 2 saturated heterocycles. The number of benzene rings is 2. The van der Waals surface area contributed by atoms with Crippen molar-refractivity contribution in [1.82, 2.24) is 5.32 Å². The number of nitro groups is 1. The van der Waals surface area contributed by atoms with Gasteiger partial charge in [-0.3, -0.25) is 29.8 Å². The lowest BCUT2D eigenvalue weighted by Crippen LogP contribution is -2.57. The molecule has 11 heteroatoms. The molecule has 1 aliphatic carbocycles. The Kier molecular flexibility index (Phi) is 6.94. The van der Waals surface area contributed by atoms with E-state index in [2.05, 4.69) is 5.32 Å². The molecule has 1 saturated carbocycles. The van der Waals surface area contributed by atoms with E-state index in [4.69, 9.17) is 4.74 Å². The second-order valence-electron chi connectivity index (χ2n) is 10.5. The van der Waals surface area contributed by atoms with Crippen LogP contribution in [0.1, 0.15) is 60.5 Å². The van der Waals surface area contributed by atoms with Crippen LogP contribution in [0.15, 0.2) is 48.5 Å². The Bertz CT molecular complexity index is 1340. The summed E-state index contributed by atoms with van der Waals surface area (Å²) in [5.41, 5.74) is -1.13. The number of methoxy groups -OCH3 is 1. The molecule has 0 spiro atoms. The molecule has 204 valence electrons.